The first-order valence-electron chi connectivity index (χ1n) is 9.90. The maximum Gasteiger partial charge on any atom is 0.337 e. The number of esters is 1. The third kappa shape index (κ3) is 4.92. The Hall–Kier alpha value is -2.81. The lowest BCUT2D eigenvalue weighted by molar-refractivity contribution is -0.138. The summed E-state index contributed by atoms with van der Waals surface area (Å²) in [6.45, 7) is 6.68. The summed E-state index contributed by atoms with van der Waals surface area (Å²) in [5.74, 6) is -1.64. The molecule has 31 heavy (non-hydrogen) atoms. The first-order chi connectivity index (χ1) is 14.5. The fourth-order valence-corrected chi connectivity index (χ4v) is 3.54. The molecule has 0 radical (unpaired) electrons. The van der Waals surface area contributed by atoms with E-state index in [0.29, 0.717) is 11.1 Å². The topological polar surface area (TPSA) is 125 Å². The Labute approximate surface area is 181 Å². The van der Waals surface area contributed by atoms with Crippen LogP contribution in [0.15, 0.2) is 58.7 Å². The molecule has 2 fully saturated rings. The zero-order chi connectivity index (χ0) is 23.4. The van der Waals surface area contributed by atoms with Gasteiger partial charge in [-0.3, -0.25) is 9.59 Å². The Morgan fingerprint density at radius 3 is 2.45 bits per heavy atom. The van der Waals surface area contributed by atoms with Gasteiger partial charge in [0.15, 0.2) is 11.8 Å². The normalized spacial score (nSPS) is 29.1. The molecule has 1 amide bonds. The van der Waals surface area contributed by atoms with Crippen LogP contribution in [-0.2, 0) is 23.9 Å². The number of epoxide rings is 1. The maximum atomic E-state index is 12.8. The molecule has 2 rings (SSSR count). The third-order valence-corrected chi connectivity index (χ3v) is 5.18. The van der Waals surface area contributed by atoms with E-state index in [1.165, 1.54) is 7.11 Å². The maximum absolute atomic E-state index is 12.8. The lowest BCUT2D eigenvalue weighted by atomic mass is 9.92. The van der Waals surface area contributed by atoms with Crippen molar-refractivity contribution < 1.29 is 34.1 Å². The van der Waals surface area contributed by atoms with E-state index in [1.807, 2.05) is 19.9 Å². The second-order valence-electron chi connectivity index (χ2n) is 7.64. The lowest BCUT2D eigenvalue weighted by Crippen LogP contribution is -2.48. The molecule has 0 aliphatic carbocycles. The molecule has 0 aromatic carbocycles. The third-order valence-electron chi connectivity index (χ3n) is 5.18. The van der Waals surface area contributed by atoms with Crippen molar-refractivity contribution in [3.8, 4) is 0 Å². The van der Waals surface area contributed by atoms with Gasteiger partial charge in [0.1, 0.15) is 0 Å². The van der Waals surface area contributed by atoms with E-state index >= 15 is 0 Å². The minimum atomic E-state index is -1.74. The second kappa shape index (κ2) is 9.55. The molecule has 2 saturated heterocycles. The van der Waals surface area contributed by atoms with Gasteiger partial charge in [0, 0.05) is 13.0 Å². The fraction of sp³-hybridized carbons (Fsp3) is 0.435. The van der Waals surface area contributed by atoms with Crippen LogP contribution in [-0.4, -0.2) is 59.0 Å². The Bertz CT molecular complexity index is 924. The van der Waals surface area contributed by atoms with Gasteiger partial charge in [-0.05, 0) is 39.3 Å². The summed E-state index contributed by atoms with van der Waals surface area (Å²) in [6, 6.07) is 0. The number of carbonyl (C=O) groups excluding carboxylic acids is 3. The minimum Gasteiger partial charge on any atom is -0.465 e. The highest BCUT2D eigenvalue weighted by molar-refractivity contribution is 6.21. The summed E-state index contributed by atoms with van der Waals surface area (Å²) < 4.78 is 10.0. The number of amides is 1. The van der Waals surface area contributed by atoms with Crippen LogP contribution < -0.4 is 5.32 Å². The van der Waals surface area contributed by atoms with Crippen LogP contribution in [0, 0.1) is 0 Å². The lowest BCUT2D eigenvalue weighted by Gasteiger charge is -2.22. The summed E-state index contributed by atoms with van der Waals surface area (Å²) in [6.07, 6.45) is 9.13. The average molecular weight is 431 g/mol. The van der Waals surface area contributed by atoms with Gasteiger partial charge in [0.2, 0.25) is 11.4 Å². The average Bonchev–Trinajstić information content (AvgIpc) is 3.44. The number of Topliss-reactive ketones (excluding diaryl/α,β-unsaturated/α-hetero) is 1. The van der Waals surface area contributed by atoms with Crippen LogP contribution >= 0.6 is 0 Å². The SMILES string of the molecule is C\C=C(/C=C(C)/C=C(C)/C=C\C=C(/C)C(=O)[C@]12O[C@H]1[C@@](O)(CCO)NC2=O)C(=O)OC. The summed E-state index contributed by atoms with van der Waals surface area (Å²) in [4.78, 5) is 36.7. The summed E-state index contributed by atoms with van der Waals surface area (Å²) >= 11 is 0. The number of ketones is 1. The van der Waals surface area contributed by atoms with E-state index in [9.17, 15) is 19.5 Å². The molecule has 0 aromatic rings. The van der Waals surface area contributed by atoms with Crippen LogP contribution in [0.25, 0.3) is 0 Å². The van der Waals surface area contributed by atoms with Crippen molar-refractivity contribution in [2.75, 3.05) is 13.7 Å². The van der Waals surface area contributed by atoms with Crippen molar-refractivity contribution in [3.05, 3.63) is 58.7 Å². The zero-order valence-corrected chi connectivity index (χ0v) is 18.4. The van der Waals surface area contributed by atoms with Gasteiger partial charge in [-0.1, -0.05) is 41.5 Å². The number of methoxy groups -OCH3 is 1. The number of ether oxygens (including phenoxy) is 2. The van der Waals surface area contributed by atoms with Gasteiger partial charge in [-0.25, -0.2) is 4.79 Å². The van der Waals surface area contributed by atoms with E-state index in [0.717, 1.165) is 11.1 Å². The van der Waals surface area contributed by atoms with Crippen molar-refractivity contribution in [2.45, 2.75) is 51.5 Å². The van der Waals surface area contributed by atoms with Crippen LogP contribution in [0.1, 0.15) is 34.1 Å². The smallest absolute Gasteiger partial charge is 0.337 e. The molecule has 168 valence electrons. The molecule has 8 nitrogen and oxygen atoms in total. The zero-order valence-electron chi connectivity index (χ0n) is 18.4. The number of nitrogens with one attached hydrogen (secondary N) is 1. The predicted molar refractivity (Wildman–Crippen MR) is 114 cm³/mol. The first-order valence-corrected chi connectivity index (χ1v) is 9.90. The molecular formula is C23H29NO7. The van der Waals surface area contributed by atoms with Crippen LogP contribution in [0.4, 0.5) is 0 Å². The van der Waals surface area contributed by atoms with E-state index in [1.54, 1.807) is 44.2 Å². The van der Waals surface area contributed by atoms with Crippen LogP contribution in [0.2, 0.25) is 0 Å². The van der Waals surface area contributed by atoms with Crippen molar-refractivity contribution >= 4 is 17.7 Å². The second-order valence-corrected chi connectivity index (χ2v) is 7.64. The van der Waals surface area contributed by atoms with Gasteiger partial charge in [-0.15, -0.1) is 0 Å². The van der Waals surface area contributed by atoms with Crippen LogP contribution in [0.3, 0.4) is 0 Å². The van der Waals surface area contributed by atoms with Gasteiger partial charge in [0.05, 0.1) is 12.7 Å². The van der Waals surface area contributed by atoms with Gasteiger partial charge in [0.25, 0.3) is 5.91 Å². The number of carbonyl (C=O) groups is 3. The van der Waals surface area contributed by atoms with Crippen molar-refractivity contribution in [1.82, 2.24) is 5.32 Å². The number of fused-ring (bicyclic) bond motifs is 1. The Morgan fingerprint density at radius 1 is 1.23 bits per heavy atom. The Morgan fingerprint density at radius 2 is 1.90 bits per heavy atom. The van der Waals surface area contributed by atoms with Crippen molar-refractivity contribution in [3.63, 3.8) is 0 Å². The number of rotatable bonds is 9. The number of aliphatic hydroxyl groups excluding tert-OH is 1. The number of hydrogen-bond donors (Lipinski definition) is 3. The van der Waals surface area contributed by atoms with E-state index in [-0.39, 0.29) is 13.0 Å². The molecule has 0 spiro atoms. The molecular weight excluding hydrogens is 402 g/mol. The fourth-order valence-electron chi connectivity index (χ4n) is 3.54. The highest BCUT2D eigenvalue weighted by Gasteiger charge is 2.80. The number of morpholine rings is 1. The van der Waals surface area contributed by atoms with E-state index in [2.05, 4.69) is 5.32 Å². The van der Waals surface area contributed by atoms with E-state index in [4.69, 9.17) is 14.6 Å². The quantitative estimate of drug-likeness (QED) is 0.166. The molecule has 2 heterocycles. The van der Waals surface area contributed by atoms with Gasteiger partial charge in [-0.2, -0.15) is 0 Å². The minimum absolute atomic E-state index is 0.122. The molecule has 0 saturated carbocycles. The molecule has 2 aliphatic rings. The largest absolute Gasteiger partial charge is 0.465 e. The highest BCUT2D eigenvalue weighted by Crippen LogP contribution is 2.50. The van der Waals surface area contributed by atoms with Crippen molar-refractivity contribution in [2.24, 2.45) is 0 Å². The number of hydrogen-bond acceptors (Lipinski definition) is 7. The molecule has 0 unspecified atom stereocenters. The van der Waals surface area contributed by atoms with Gasteiger partial charge < -0.3 is 25.0 Å². The first kappa shape index (κ1) is 24.5. The Kier molecular flexibility index (Phi) is 7.54. The Balaban J connectivity index is 2.08. The van der Waals surface area contributed by atoms with E-state index < -0.39 is 35.1 Å². The molecule has 0 bridgehead atoms. The van der Waals surface area contributed by atoms with Crippen LogP contribution in [0.5, 0.6) is 0 Å². The molecule has 0 aromatic heterocycles. The molecule has 8 heteroatoms. The van der Waals surface area contributed by atoms with Crippen molar-refractivity contribution in [1.29, 1.82) is 0 Å². The monoisotopic (exact) mass is 431 g/mol. The number of allylic oxidation sites excluding steroid dienone is 7. The highest BCUT2D eigenvalue weighted by atomic mass is 16.6. The standard InChI is InChI=1S/C23H29NO7/c1-6-17(19(27)30-5)13-15(3)12-14(2)8-7-9-16(4)18(26)23-20(31-23)22(29,10-11-25)24-21(23)28/h6-9,12-13,20,25,29H,10-11H2,1-5H3,(H,24,28)/b8-7-,14-12+,15-13+,16-9+,17-6+/t20-,22-,23-/m0/s1. The predicted octanol–water partition coefficient (Wildman–Crippen LogP) is 1.41. The molecule has 3 atom stereocenters. The molecule has 2 aliphatic heterocycles. The summed E-state index contributed by atoms with van der Waals surface area (Å²) in [7, 11) is 1.33. The molecule has 3 N–H and O–H groups in total. The summed E-state index contributed by atoms with van der Waals surface area (Å²) in [5.41, 5.74) is -1.000. The van der Waals surface area contributed by atoms with Gasteiger partial charge >= 0.3 is 5.97 Å². The number of aliphatic hydroxyl groups is 2. The summed E-state index contributed by atoms with van der Waals surface area (Å²) in [5, 5.41) is 21.8.